The van der Waals surface area contributed by atoms with Crippen molar-refractivity contribution in [3.05, 3.63) is 102 Å². The number of Topliss-reactive ketones (excluding diaryl/α,β-unsaturated/α-hetero) is 1. The SMILES string of the molecule is C=C1c2ccccc2N=C2C=C3c4ccccc4C(=O)C4C=CC=C(C34)N12. The molecule has 2 aliphatic carbocycles. The number of para-hydroxylation sites is 1. The van der Waals surface area contributed by atoms with Crippen LogP contribution in [0.25, 0.3) is 11.3 Å². The number of aliphatic imine (C=N–C) groups is 1. The van der Waals surface area contributed by atoms with Gasteiger partial charge in [-0.3, -0.25) is 9.69 Å². The summed E-state index contributed by atoms with van der Waals surface area (Å²) < 4.78 is 0. The highest BCUT2D eigenvalue weighted by Crippen LogP contribution is 2.51. The lowest BCUT2D eigenvalue weighted by Crippen LogP contribution is -2.43. The van der Waals surface area contributed by atoms with E-state index < -0.39 is 0 Å². The van der Waals surface area contributed by atoms with Gasteiger partial charge in [-0.25, -0.2) is 4.99 Å². The molecule has 4 aliphatic rings. The van der Waals surface area contributed by atoms with E-state index in [1.54, 1.807) is 0 Å². The number of hydrogen-bond donors (Lipinski definition) is 0. The monoisotopic (exact) mass is 348 g/mol. The fourth-order valence-corrected chi connectivity index (χ4v) is 4.71. The van der Waals surface area contributed by atoms with Gasteiger partial charge in [-0.15, -0.1) is 0 Å². The van der Waals surface area contributed by atoms with Gasteiger partial charge in [0.15, 0.2) is 5.78 Å². The van der Waals surface area contributed by atoms with Crippen molar-refractivity contribution in [1.29, 1.82) is 0 Å². The molecule has 2 aromatic rings. The van der Waals surface area contributed by atoms with Crippen LogP contribution in [0.1, 0.15) is 21.5 Å². The van der Waals surface area contributed by atoms with Crippen molar-refractivity contribution in [2.45, 2.75) is 0 Å². The van der Waals surface area contributed by atoms with Crippen molar-refractivity contribution >= 4 is 28.6 Å². The molecule has 0 saturated carbocycles. The Kier molecular flexibility index (Phi) is 2.74. The third kappa shape index (κ3) is 1.81. The first-order valence-corrected chi connectivity index (χ1v) is 9.15. The molecular formula is C24H16N2O. The summed E-state index contributed by atoms with van der Waals surface area (Å²) >= 11 is 0. The fraction of sp³-hybridized carbons (Fsp3) is 0.0833. The molecule has 2 aliphatic heterocycles. The first-order chi connectivity index (χ1) is 13.2. The van der Waals surface area contributed by atoms with Crippen LogP contribution in [0.3, 0.4) is 0 Å². The minimum absolute atomic E-state index is 0.0124. The number of carbonyl (C=O) groups excluding carboxylic acids is 1. The molecule has 3 nitrogen and oxygen atoms in total. The van der Waals surface area contributed by atoms with Crippen LogP contribution >= 0.6 is 0 Å². The number of nitrogens with zero attached hydrogens (tertiary/aromatic N) is 2. The van der Waals surface area contributed by atoms with E-state index in [2.05, 4.69) is 29.7 Å². The molecule has 2 atom stereocenters. The number of rotatable bonds is 0. The van der Waals surface area contributed by atoms with E-state index in [0.717, 1.165) is 39.6 Å². The summed E-state index contributed by atoms with van der Waals surface area (Å²) in [4.78, 5) is 20.2. The van der Waals surface area contributed by atoms with Gasteiger partial charge in [0.25, 0.3) is 0 Å². The van der Waals surface area contributed by atoms with Crippen LogP contribution in [0.4, 0.5) is 5.69 Å². The zero-order valence-corrected chi connectivity index (χ0v) is 14.6. The summed E-state index contributed by atoms with van der Waals surface area (Å²) in [7, 11) is 0. The molecule has 0 aromatic heterocycles. The lowest BCUT2D eigenvalue weighted by Gasteiger charge is -2.45. The van der Waals surface area contributed by atoms with Gasteiger partial charge in [0.05, 0.1) is 11.6 Å². The molecule has 2 unspecified atom stereocenters. The van der Waals surface area contributed by atoms with Crippen LogP contribution in [-0.4, -0.2) is 16.5 Å². The lowest BCUT2D eigenvalue weighted by atomic mass is 9.67. The minimum Gasteiger partial charge on any atom is -0.298 e. The van der Waals surface area contributed by atoms with Crippen molar-refractivity contribution in [3.63, 3.8) is 0 Å². The number of hydrogen-bond acceptors (Lipinski definition) is 3. The Balaban J connectivity index is 1.67. The van der Waals surface area contributed by atoms with E-state index in [0.29, 0.717) is 0 Å². The molecule has 3 heteroatoms. The first kappa shape index (κ1) is 14.7. The zero-order valence-electron chi connectivity index (χ0n) is 14.6. The van der Waals surface area contributed by atoms with Crippen molar-refractivity contribution in [2.75, 3.05) is 0 Å². The van der Waals surface area contributed by atoms with E-state index >= 15 is 0 Å². The Labute approximate surface area is 157 Å². The summed E-state index contributed by atoms with van der Waals surface area (Å²) in [5.74, 6) is 0.906. The van der Waals surface area contributed by atoms with Crippen LogP contribution < -0.4 is 0 Å². The molecule has 128 valence electrons. The van der Waals surface area contributed by atoms with Crippen LogP contribution in [0.15, 0.2) is 90.1 Å². The molecule has 0 fully saturated rings. The maximum atomic E-state index is 13.1. The second-order valence-corrected chi connectivity index (χ2v) is 7.26. The van der Waals surface area contributed by atoms with Crippen LogP contribution in [0.2, 0.25) is 0 Å². The maximum Gasteiger partial charge on any atom is 0.171 e. The Morgan fingerprint density at radius 2 is 1.70 bits per heavy atom. The average molecular weight is 348 g/mol. The molecule has 0 spiro atoms. The van der Waals surface area contributed by atoms with Crippen molar-refractivity contribution in [1.82, 2.24) is 4.90 Å². The summed E-state index contributed by atoms with van der Waals surface area (Å²) in [5, 5.41) is 0. The van der Waals surface area contributed by atoms with Gasteiger partial charge in [0.2, 0.25) is 0 Å². The van der Waals surface area contributed by atoms with E-state index in [1.807, 2.05) is 54.6 Å². The summed E-state index contributed by atoms with van der Waals surface area (Å²) in [6, 6.07) is 16.0. The second kappa shape index (κ2) is 5.04. The molecule has 2 heterocycles. The molecular weight excluding hydrogens is 332 g/mol. The molecule has 0 radical (unpaired) electrons. The number of benzene rings is 2. The quantitative estimate of drug-likeness (QED) is 0.672. The minimum atomic E-state index is -0.169. The van der Waals surface area contributed by atoms with Crippen molar-refractivity contribution in [3.8, 4) is 0 Å². The van der Waals surface area contributed by atoms with Gasteiger partial charge < -0.3 is 0 Å². The number of carbonyl (C=O) groups is 1. The van der Waals surface area contributed by atoms with E-state index in [-0.39, 0.29) is 17.6 Å². The predicted octanol–water partition coefficient (Wildman–Crippen LogP) is 4.98. The Morgan fingerprint density at radius 1 is 0.963 bits per heavy atom. The predicted molar refractivity (Wildman–Crippen MR) is 107 cm³/mol. The summed E-state index contributed by atoms with van der Waals surface area (Å²) in [6.45, 7) is 4.35. The highest BCUT2D eigenvalue weighted by Gasteiger charge is 2.46. The number of fused-ring (bicyclic) bond motifs is 5. The summed E-state index contributed by atoms with van der Waals surface area (Å²) in [6.07, 6.45) is 8.27. The Hall–Kier alpha value is -3.46. The average Bonchev–Trinajstić information content (AvgIpc) is 2.71. The molecule has 6 rings (SSSR count). The third-order valence-corrected chi connectivity index (χ3v) is 5.90. The Bertz CT molecular complexity index is 1180. The molecule has 0 saturated heterocycles. The van der Waals surface area contributed by atoms with E-state index in [1.165, 1.54) is 5.57 Å². The smallest absolute Gasteiger partial charge is 0.171 e. The van der Waals surface area contributed by atoms with Gasteiger partial charge in [-0.05, 0) is 29.4 Å². The van der Waals surface area contributed by atoms with Gasteiger partial charge in [-0.2, -0.15) is 0 Å². The van der Waals surface area contributed by atoms with Crippen molar-refractivity contribution < 1.29 is 4.79 Å². The maximum absolute atomic E-state index is 13.1. The Morgan fingerprint density at radius 3 is 2.56 bits per heavy atom. The van der Waals surface area contributed by atoms with E-state index in [9.17, 15) is 4.79 Å². The number of amidine groups is 1. The van der Waals surface area contributed by atoms with Gasteiger partial charge in [0, 0.05) is 28.4 Å². The lowest BCUT2D eigenvalue weighted by molar-refractivity contribution is 0.0920. The number of allylic oxidation sites excluding steroid dienone is 4. The van der Waals surface area contributed by atoms with Crippen molar-refractivity contribution in [2.24, 2.45) is 16.8 Å². The molecule has 0 bridgehead atoms. The van der Waals surface area contributed by atoms with Crippen LogP contribution in [-0.2, 0) is 0 Å². The molecule has 27 heavy (non-hydrogen) atoms. The second-order valence-electron chi connectivity index (χ2n) is 7.26. The molecule has 2 aromatic carbocycles. The normalized spacial score (nSPS) is 24.1. The largest absolute Gasteiger partial charge is 0.298 e. The summed E-state index contributed by atoms with van der Waals surface area (Å²) in [5.41, 5.74) is 6.98. The highest BCUT2D eigenvalue weighted by molar-refractivity contribution is 6.16. The molecule has 0 amide bonds. The molecule has 0 N–H and O–H groups in total. The van der Waals surface area contributed by atoms with Gasteiger partial charge in [-0.1, -0.05) is 61.2 Å². The fourth-order valence-electron chi connectivity index (χ4n) is 4.71. The third-order valence-electron chi connectivity index (χ3n) is 5.90. The topological polar surface area (TPSA) is 32.7 Å². The van der Waals surface area contributed by atoms with Gasteiger partial charge >= 0.3 is 0 Å². The van der Waals surface area contributed by atoms with Crippen LogP contribution in [0.5, 0.6) is 0 Å². The zero-order chi connectivity index (χ0) is 18.1. The van der Waals surface area contributed by atoms with E-state index in [4.69, 9.17) is 4.99 Å². The standard InChI is InChI=1S/C24H16N2O/c1-14-15-7-4-5-11-20(15)25-22-13-19-16-8-2-3-9-17(16)24(27)18-10-6-12-21(23(18)19)26(14)22/h2-13,18,23H,1H2. The number of ketones is 1. The highest BCUT2D eigenvalue weighted by atomic mass is 16.1. The first-order valence-electron chi connectivity index (χ1n) is 9.15. The van der Waals surface area contributed by atoms with Crippen LogP contribution in [0, 0.1) is 11.8 Å². The van der Waals surface area contributed by atoms with Gasteiger partial charge in [0.1, 0.15) is 5.84 Å².